The number of hydrogen-bond donors (Lipinski definition) is 1. The van der Waals surface area contributed by atoms with Gasteiger partial charge in [-0.1, -0.05) is 41.1 Å². The lowest BCUT2D eigenvalue weighted by Crippen LogP contribution is -2.36. The maximum atomic E-state index is 13.1. The Balaban J connectivity index is 1.48. The summed E-state index contributed by atoms with van der Waals surface area (Å²) in [4.78, 5) is 31.9. The number of nitrogens with one attached hydrogen (secondary N) is 1. The molecule has 1 saturated carbocycles. The van der Waals surface area contributed by atoms with Crippen LogP contribution in [0.5, 0.6) is 0 Å². The lowest BCUT2D eigenvalue weighted by molar-refractivity contribution is -0.129. The Bertz CT molecular complexity index is 827. The predicted molar refractivity (Wildman–Crippen MR) is 118 cm³/mol. The van der Waals surface area contributed by atoms with Crippen LogP contribution in [0, 0.1) is 6.92 Å². The molecule has 5 nitrogen and oxygen atoms in total. The Hall–Kier alpha value is -2.08. The molecule has 1 aromatic carbocycles. The molecule has 0 aromatic heterocycles. The SMILES string of the molecule is Cc1ccc(N=C2SC(CC(=O)NC3CC3)C(=O)N2CCC2=CCCCC2)cc1. The molecule has 3 aliphatic rings. The van der Waals surface area contributed by atoms with Gasteiger partial charge in [-0.3, -0.25) is 14.5 Å². The van der Waals surface area contributed by atoms with Crippen LogP contribution in [0.2, 0.25) is 0 Å². The predicted octanol–water partition coefficient (Wildman–Crippen LogP) is 4.49. The van der Waals surface area contributed by atoms with Crippen LogP contribution in [0.4, 0.5) is 5.69 Å². The highest BCUT2D eigenvalue weighted by atomic mass is 32.2. The summed E-state index contributed by atoms with van der Waals surface area (Å²) in [5, 5.41) is 3.34. The molecule has 1 N–H and O–H groups in total. The molecule has 1 unspecified atom stereocenters. The molecule has 154 valence electrons. The normalized spacial score (nSPS) is 23.4. The van der Waals surface area contributed by atoms with Crippen LogP contribution in [-0.4, -0.2) is 39.7 Å². The van der Waals surface area contributed by atoms with Crippen molar-refractivity contribution in [1.29, 1.82) is 0 Å². The van der Waals surface area contributed by atoms with E-state index in [2.05, 4.69) is 11.4 Å². The molecule has 0 spiro atoms. The number of aryl methyl sites for hydroxylation is 1. The van der Waals surface area contributed by atoms with E-state index in [-0.39, 0.29) is 23.5 Å². The minimum absolute atomic E-state index is 0.0169. The molecule has 2 aliphatic carbocycles. The van der Waals surface area contributed by atoms with Crippen molar-refractivity contribution in [3.05, 3.63) is 41.5 Å². The van der Waals surface area contributed by atoms with E-state index in [4.69, 9.17) is 4.99 Å². The Kier molecular flexibility index (Phi) is 6.38. The van der Waals surface area contributed by atoms with Crippen molar-refractivity contribution in [1.82, 2.24) is 10.2 Å². The second kappa shape index (κ2) is 9.16. The number of benzene rings is 1. The fraction of sp³-hybridized carbons (Fsp3) is 0.522. The minimum Gasteiger partial charge on any atom is -0.353 e. The molecule has 1 heterocycles. The van der Waals surface area contributed by atoms with Crippen molar-refractivity contribution in [2.24, 2.45) is 4.99 Å². The number of hydrogen-bond acceptors (Lipinski definition) is 4. The summed E-state index contributed by atoms with van der Waals surface area (Å²) in [5.74, 6) is -0.00640. The minimum atomic E-state index is -0.377. The molecule has 29 heavy (non-hydrogen) atoms. The van der Waals surface area contributed by atoms with E-state index < -0.39 is 0 Å². The van der Waals surface area contributed by atoms with Gasteiger partial charge in [0.25, 0.3) is 0 Å². The van der Waals surface area contributed by atoms with Crippen LogP contribution in [0.25, 0.3) is 0 Å². The molecule has 1 aliphatic heterocycles. The van der Waals surface area contributed by atoms with Crippen molar-refractivity contribution in [2.75, 3.05) is 6.54 Å². The van der Waals surface area contributed by atoms with E-state index in [1.807, 2.05) is 31.2 Å². The Labute approximate surface area is 177 Å². The van der Waals surface area contributed by atoms with E-state index in [0.29, 0.717) is 12.6 Å². The van der Waals surface area contributed by atoms with E-state index in [9.17, 15) is 9.59 Å². The molecule has 1 aromatic rings. The number of rotatable bonds is 7. The molecule has 6 heteroatoms. The lowest BCUT2D eigenvalue weighted by Gasteiger charge is -2.19. The first-order valence-corrected chi connectivity index (χ1v) is 11.6. The molecule has 0 radical (unpaired) electrons. The summed E-state index contributed by atoms with van der Waals surface area (Å²) >= 11 is 1.43. The van der Waals surface area contributed by atoms with Gasteiger partial charge in [-0.15, -0.1) is 0 Å². The van der Waals surface area contributed by atoms with Gasteiger partial charge in [-0.05, 0) is 64.0 Å². The fourth-order valence-electron chi connectivity index (χ4n) is 3.73. The first kappa shape index (κ1) is 20.2. The largest absolute Gasteiger partial charge is 0.353 e. The van der Waals surface area contributed by atoms with Crippen LogP contribution in [0.15, 0.2) is 40.9 Å². The summed E-state index contributed by atoms with van der Waals surface area (Å²) in [5.41, 5.74) is 3.47. The smallest absolute Gasteiger partial charge is 0.242 e. The monoisotopic (exact) mass is 411 g/mol. The average Bonchev–Trinajstić information content (AvgIpc) is 3.48. The van der Waals surface area contributed by atoms with Crippen molar-refractivity contribution < 1.29 is 9.59 Å². The van der Waals surface area contributed by atoms with Crippen molar-refractivity contribution >= 4 is 34.4 Å². The molecule has 1 atom stereocenters. The number of nitrogens with zero attached hydrogens (tertiary/aromatic N) is 2. The summed E-state index contributed by atoms with van der Waals surface area (Å²) in [6.07, 6.45) is 10.3. The maximum Gasteiger partial charge on any atom is 0.242 e. The van der Waals surface area contributed by atoms with Gasteiger partial charge in [-0.25, -0.2) is 4.99 Å². The van der Waals surface area contributed by atoms with Gasteiger partial charge in [0, 0.05) is 19.0 Å². The van der Waals surface area contributed by atoms with Gasteiger partial charge in [-0.2, -0.15) is 0 Å². The first-order chi connectivity index (χ1) is 14.1. The van der Waals surface area contributed by atoms with Crippen molar-refractivity contribution in [2.45, 2.75) is 69.6 Å². The number of aliphatic imine (C=N–C) groups is 1. The molecular formula is C23H29N3O2S. The first-order valence-electron chi connectivity index (χ1n) is 10.7. The standard InChI is InChI=1S/C23H29N3O2S/c1-16-7-9-19(10-8-16)25-23-26(14-13-17-5-3-2-4-6-17)22(28)20(29-23)15-21(27)24-18-11-12-18/h5,7-10,18,20H,2-4,6,11-15H2,1H3,(H,24,27). The number of amides is 2. The summed E-state index contributed by atoms with van der Waals surface area (Å²) < 4.78 is 0. The second-order valence-corrected chi connectivity index (χ2v) is 9.40. The summed E-state index contributed by atoms with van der Waals surface area (Å²) in [6.45, 7) is 2.69. The van der Waals surface area contributed by atoms with Crippen molar-refractivity contribution in [3.63, 3.8) is 0 Å². The van der Waals surface area contributed by atoms with Crippen molar-refractivity contribution in [3.8, 4) is 0 Å². The van der Waals surface area contributed by atoms with Gasteiger partial charge < -0.3 is 5.32 Å². The van der Waals surface area contributed by atoms with E-state index in [1.165, 1.54) is 35.7 Å². The van der Waals surface area contributed by atoms with Gasteiger partial charge in [0.1, 0.15) is 5.25 Å². The highest BCUT2D eigenvalue weighted by molar-refractivity contribution is 8.15. The van der Waals surface area contributed by atoms with Crippen LogP contribution < -0.4 is 5.32 Å². The molecule has 1 saturated heterocycles. The van der Waals surface area contributed by atoms with Gasteiger partial charge in [0.2, 0.25) is 11.8 Å². The number of allylic oxidation sites excluding steroid dienone is 1. The summed E-state index contributed by atoms with van der Waals surface area (Å²) in [6, 6.07) is 8.32. The zero-order valence-electron chi connectivity index (χ0n) is 17.0. The Morgan fingerprint density at radius 2 is 2.03 bits per heavy atom. The molecule has 2 amide bonds. The Morgan fingerprint density at radius 3 is 2.72 bits per heavy atom. The summed E-state index contributed by atoms with van der Waals surface area (Å²) in [7, 11) is 0. The van der Waals surface area contributed by atoms with Gasteiger partial charge >= 0.3 is 0 Å². The van der Waals surface area contributed by atoms with Crippen LogP contribution >= 0.6 is 11.8 Å². The quantitative estimate of drug-likeness (QED) is 0.673. The zero-order valence-corrected chi connectivity index (χ0v) is 17.8. The molecule has 4 rings (SSSR count). The van der Waals surface area contributed by atoms with E-state index in [0.717, 1.165) is 43.0 Å². The van der Waals surface area contributed by atoms with Crippen LogP contribution in [0.1, 0.15) is 56.9 Å². The van der Waals surface area contributed by atoms with Gasteiger partial charge in [0.15, 0.2) is 5.17 Å². The third kappa shape index (κ3) is 5.50. The van der Waals surface area contributed by atoms with Crippen LogP contribution in [0.3, 0.4) is 0 Å². The topological polar surface area (TPSA) is 61.8 Å². The Morgan fingerprint density at radius 1 is 1.24 bits per heavy atom. The average molecular weight is 412 g/mol. The number of carbonyl (C=O) groups excluding carboxylic acids is 2. The lowest BCUT2D eigenvalue weighted by atomic mass is 9.97. The van der Waals surface area contributed by atoms with Crippen LogP contribution in [-0.2, 0) is 9.59 Å². The van der Waals surface area contributed by atoms with E-state index in [1.54, 1.807) is 4.90 Å². The number of thioether (sulfide) groups is 1. The second-order valence-electron chi connectivity index (χ2n) is 8.23. The number of carbonyl (C=O) groups is 2. The fourth-order valence-corrected chi connectivity index (χ4v) is 4.91. The molecule has 0 bridgehead atoms. The molecule has 2 fully saturated rings. The third-order valence-electron chi connectivity index (χ3n) is 5.63. The zero-order chi connectivity index (χ0) is 20.2. The van der Waals surface area contributed by atoms with E-state index >= 15 is 0 Å². The highest BCUT2D eigenvalue weighted by Crippen LogP contribution is 2.33. The molecular weight excluding hydrogens is 382 g/mol. The number of amidine groups is 1. The highest BCUT2D eigenvalue weighted by Gasteiger charge is 2.39. The van der Waals surface area contributed by atoms with Gasteiger partial charge in [0.05, 0.1) is 5.69 Å². The third-order valence-corrected chi connectivity index (χ3v) is 6.81. The maximum absolute atomic E-state index is 13.1.